The van der Waals surface area contributed by atoms with Crippen LogP contribution in [0.25, 0.3) is 6.08 Å². The van der Waals surface area contributed by atoms with Gasteiger partial charge in [-0.15, -0.1) is 0 Å². The largest absolute Gasteiger partial charge is 0.480 e. The third kappa shape index (κ3) is 3.18. The van der Waals surface area contributed by atoms with E-state index < -0.39 is 11.5 Å². The molecule has 1 aliphatic rings. The summed E-state index contributed by atoms with van der Waals surface area (Å²) in [6.45, 7) is 0.388. The molecule has 1 aromatic carbocycles. The Morgan fingerprint density at radius 1 is 1.35 bits per heavy atom. The molecule has 0 spiro atoms. The number of rotatable bonds is 3. The number of nitrogens with zero attached hydrogens (tertiary/aromatic N) is 1. The first-order chi connectivity index (χ1) is 9.40. The van der Waals surface area contributed by atoms with Crippen LogP contribution in [0.4, 0.5) is 0 Å². The van der Waals surface area contributed by atoms with Crippen molar-refractivity contribution < 1.29 is 14.7 Å². The van der Waals surface area contributed by atoms with Crippen molar-refractivity contribution in [1.29, 1.82) is 0 Å². The lowest BCUT2D eigenvalue weighted by Gasteiger charge is -2.18. The Morgan fingerprint density at radius 2 is 2.00 bits per heavy atom. The first kappa shape index (κ1) is 14.6. The Labute approximate surface area is 121 Å². The Kier molecular flexibility index (Phi) is 4.11. The number of carboxylic acids is 1. The van der Waals surface area contributed by atoms with Crippen molar-refractivity contribution in [2.75, 3.05) is 13.1 Å². The van der Waals surface area contributed by atoms with Crippen LogP contribution in [0.15, 0.2) is 30.3 Å². The van der Waals surface area contributed by atoms with Gasteiger partial charge in [-0.3, -0.25) is 9.59 Å². The van der Waals surface area contributed by atoms with Crippen molar-refractivity contribution in [2.24, 2.45) is 5.73 Å². The zero-order chi connectivity index (χ0) is 14.8. The minimum absolute atomic E-state index is 0.0339. The van der Waals surface area contributed by atoms with Crippen LogP contribution in [0.1, 0.15) is 12.0 Å². The fourth-order valence-electron chi connectivity index (χ4n) is 2.04. The molecule has 106 valence electrons. The summed E-state index contributed by atoms with van der Waals surface area (Å²) in [7, 11) is 0. The first-order valence-corrected chi connectivity index (χ1v) is 6.53. The fourth-order valence-corrected chi connectivity index (χ4v) is 2.17. The van der Waals surface area contributed by atoms with Gasteiger partial charge in [-0.1, -0.05) is 23.7 Å². The number of carbonyl (C=O) groups excluding carboxylic acids is 1. The van der Waals surface area contributed by atoms with E-state index in [1.165, 1.54) is 11.0 Å². The van der Waals surface area contributed by atoms with E-state index in [1.54, 1.807) is 30.3 Å². The normalized spacial score (nSPS) is 22.4. The number of aliphatic carboxylic acids is 1. The van der Waals surface area contributed by atoms with Crippen LogP contribution in [0.5, 0.6) is 0 Å². The number of hydrogen-bond acceptors (Lipinski definition) is 3. The minimum atomic E-state index is -1.33. The molecule has 20 heavy (non-hydrogen) atoms. The van der Waals surface area contributed by atoms with Crippen LogP contribution in [-0.4, -0.2) is 40.5 Å². The van der Waals surface area contributed by atoms with Gasteiger partial charge < -0.3 is 15.7 Å². The minimum Gasteiger partial charge on any atom is -0.480 e. The third-order valence-corrected chi connectivity index (χ3v) is 3.58. The van der Waals surface area contributed by atoms with E-state index in [-0.39, 0.29) is 18.9 Å². The van der Waals surface area contributed by atoms with Crippen LogP contribution in [-0.2, 0) is 9.59 Å². The number of hydrogen-bond donors (Lipinski definition) is 2. The summed E-state index contributed by atoms with van der Waals surface area (Å²) in [4.78, 5) is 24.4. The summed E-state index contributed by atoms with van der Waals surface area (Å²) in [5.74, 6) is -1.32. The van der Waals surface area contributed by atoms with E-state index in [0.717, 1.165) is 5.56 Å². The molecule has 1 unspecified atom stereocenters. The van der Waals surface area contributed by atoms with Gasteiger partial charge in [-0.2, -0.15) is 0 Å². The standard InChI is InChI=1S/C14H15ClN2O3/c15-11-4-1-10(2-5-11)3-6-12(18)17-8-7-14(16,9-17)13(19)20/h1-6H,7-9,16H2,(H,19,20)/b6-3+. The molecule has 1 heterocycles. The maximum atomic E-state index is 12.0. The first-order valence-electron chi connectivity index (χ1n) is 6.15. The van der Waals surface area contributed by atoms with Gasteiger partial charge in [0.1, 0.15) is 5.54 Å². The highest BCUT2D eigenvalue weighted by molar-refractivity contribution is 6.30. The van der Waals surface area contributed by atoms with E-state index in [4.69, 9.17) is 22.4 Å². The molecule has 1 aliphatic heterocycles. The summed E-state index contributed by atoms with van der Waals surface area (Å²) in [6, 6.07) is 7.05. The van der Waals surface area contributed by atoms with Gasteiger partial charge in [-0.25, -0.2) is 0 Å². The number of amides is 1. The average molecular weight is 295 g/mol. The predicted molar refractivity (Wildman–Crippen MR) is 76.2 cm³/mol. The van der Waals surface area contributed by atoms with Crippen LogP contribution in [0, 0.1) is 0 Å². The molecule has 5 nitrogen and oxygen atoms in total. The van der Waals surface area contributed by atoms with E-state index in [1.807, 2.05) is 0 Å². The smallest absolute Gasteiger partial charge is 0.325 e. The summed E-state index contributed by atoms with van der Waals surface area (Å²) < 4.78 is 0. The Balaban J connectivity index is 1.99. The lowest BCUT2D eigenvalue weighted by Crippen LogP contribution is -2.50. The molecule has 0 bridgehead atoms. The maximum Gasteiger partial charge on any atom is 0.325 e. The molecule has 3 N–H and O–H groups in total. The van der Waals surface area contributed by atoms with Gasteiger partial charge in [0.15, 0.2) is 0 Å². The second-order valence-electron chi connectivity index (χ2n) is 4.86. The molecule has 1 amide bonds. The van der Waals surface area contributed by atoms with Crippen molar-refractivity contribution in [2.45, 2.75) is 12.0 Å². The zero-order valence-corrected chi connectivity index (χ0v) is 11.5. The van der Waals surface area contributed by atoms with Crippen LogP contribution < -0.4 is 5.73 Å². The lowest BCUT2D eigenvalue weighted by atomic mass is 10.0. The second kappa shape index (κ2) is 5.64. The molecular weight excluding hydrogens is 280 g/mol. The molecule has 1 atom stereocenters. The fraction of sp³-hybridized carbons (Fsp3) is 0.286. The van der Waals surface area contributed by atoms with Gasteiger partial charge in [0.25, 0.3) is 0 Å². The monoisotopic (exact) mass is 294 g/mol. The van der Waals surface area contributed by atoms with Crippen molar-refractivity contribution >= 4 is 29.6 Å². The molecule has 1 fully saturated rings. The molecule has 0 radical (unpaired) electrons. The Hall–Kier alpha value is -1.85. The van der Waals surface area contributed by atoms with Crippen molar-refractivity contribution in [3.63, 3.8) is 0 Å². The number of nitrogens with two attached hydrogens (primary N) is 1. The molecule has 6 heteroatoms. The van der Waals surface area contributed by atoms with E-state index in [2.05, 4.69) is 0 Å². The van der Waals surface area contributed by atoms with Gasteiger partial charge >= 0.3 is 5.97 Å². The number of halogens is 1. The van der Waals surface area contributed by atoms with Crippen LogP contribution in [0.3, 0.4) is 0 Å². The van der Waals surface area contributed by atoms with Crippen LogP contribution in [0.2, 0.25) is 5.02 Å². The van der Waals surface area contributed by atoms with Crippen molar-refractivity contribution in [3.05, 3.63) is 40.9 Å². The average Bonchev–Trinajstić information content (AvgIpc) is 2.82. The zero-order valence-electron chi connectivity index (χ0n) is 10.8. The highest BCUT2D eigenvalue weighted by Crippen LogP contribution is 2.19. The summed E-state index contributed by atoms with van der Waals surface area (Å²) in [6.07, 6.45) is 3.34. The number of carboxylic acid groups (broad SMARTS) is 1. The van der Waals surface area contributed by atoms with E-state index >= 15 is 0 Å². The van der Waals surface area contributed by atoms with Crippen molar-refractivity contribution in [3.8, 4) is 0 Å². The van der Waals surface area contributed by atoms with Gasteiger partial charge in [0.05, 0.1) is 0 Å². The Morgan fingerprint density at radius 3 is 2.55 bits per heavy atom. The van der Waals surface area contributed by atoms with E-state index in [9.17, 15) is 9.59 Å². The number of likely N-dealkylation sites (tertiary alicyclic amines) is 1. The van der Waals surface area contributed by atoms with Gasteiger partial charge in [0, 0.05) is 24.2 Å². The summed E-state index contributed by atoms with van der Waals surface area (Å²) in [5, 5.41) is 9.64. The highest BCUT2D eigenvalue weighted by Gasteiger charge is 2.42. The summed E-state index contributed by atoms with van der Waals surface area (Å²) >= 11 is 5.77. The molecule has 1 saturated heterocycles. The number of benzene rings is 1. The predicted octanol–water partition coefficient (Wildman–Crippen LogP) is 1.37. The van der Waals surface area contributed by atoms with Crippen molar-refractivity contribution in [1.82, 2.24) is 4.90 Å². The lowest BCUT2D eigenvalue weighted by molar-refractivity contribution is -0.142. The third-order valence-electron chi connectivity index (χ3n) is 3.33. The molecular formula is C14H15ClN2O3. The molecule has 0 aromatic heterocycles. The van der Waals surface area contributed by atoms with E-state index in [0.29, 0.717) is 11.6 Å². The second-order valence-corrected chi connectivity index (χ2v) is 5.29. The Bertz CT molecular complexity index is 556. The summed E-state index contributed by atoms with van der Waals surface area (Å²) in [5.41, 5.74) is 5.24. The quantitative estimate of drug-likeness (QED) is 0.825. The van der Waals surface area contributed by atoms with Gasteiger partial charge in [-0.05, 0) is 30.2 Å². The van der Waals surface area contributed by atoms with Crippen LogP contribution >= 0.6 is 11.6 Å². The highest BCUT2D eigenvalue weighted by atomic mass is 35.5. The SMILES string of the molecule is NC1(C(=O)O)CCN(C(=O)/C=C/c2ccc(Cl)cc2)C1. The maximum absolute atomic E-state index is 12.0. The van der Waals surface area contributed by atoms with Gasteiger partial charge in [0.2, 0.25) is 5.91 Å². The molecule has 0 aliphatic carbocycles. The molecule has 2 rings (SSSR count). The molecule has 0 saturated carbocycles. The number of carbonyl (C=O) groups is 2. The topological polar surface area (TPSA) is 83.6 Å². The molecule has 1 aromatic rings.